The molecule has 152 valence electrons. The Morgan fingerprint density at radius 1 is 1.17 bits per heavy atom. The van der Waals surface area contributed by atoms with Gasteiger partial charge in [0.25, 0.3) is 0 Å². The maximum atomic E-state index is 12.4. The van der Waals surface area contributed by atoms with Crippen LogP contribution >= 0.6 is 11.3 Å². The predicted octanol–water partition coefficient (Wildman–Crippen LogP) is 3.27. The van der Waals surface area contributed by atoms with E-state index in [4.69, 9.17) is 14.4 Å². The fraction of sp³-hybridized carbons (Fsp3) is 0.286. The van der Waals surface area contributed by atoms with Crippen LogP contribution in [0.3, 0.4) is 0 Å². The van der Waals surface area contributed by atoms with Crippen molar-refractivity contribution in [2.24, 2.45) is 5.92 Å². The molecule has 0 atom stereocenters. The van der Waals surface area contributed by atoms with Gasteiger partial charge in [-0.05, 0) is 37.1 Å². The van der Waals surface area contributed by atoms with Gasteiger partial charge < -0.3 is 14.6 Å². The second-order valence-electron chi connectivity index (χ2n) is 7.20. The first kappa shape index (κ1) is 18.7. The van der Waals surface area contributed by atoms with E-state index in [0.717, 1.165) is 58.4 Å². The lowest BCUT2D eigenvalue weighted by Crippen LogP contribution is -2.40. The summed E-state index contributed by atoms with van der Waals surface area (Å²) >= 11 is 1.58. The molecule has 30 heavy (non-hydrogen) atoms. The van der Waals surface area contributed by atoms with Crippen molar-refractivity contribution in [2.45, 2.75) is 19.4 Å². The van der Waals surface area contributed by atoms with E-state index in [1.165, 1.54) is 6.33 Å². The number of pyridine rings is 1. The lowest BCUT2D eigenvalue weighted by molar-refractivity contribution is -0.125. The fourth-order valence-electron chi connectivity index (χ4n) is 3.60. The molecule has 0 aliphatic carbocycles. The number of carbonyl (C=O) groups excluding carboxylic acids is 1. The van der Waals surface area contributed by atoms with Gasteiger partial charge in [0.05, 0.1) is 18.5 Å². The number of rotatable bonds is 5. The van der Waals surface area contributed by atoms with Crippen LogP contribution in [0.4, 0.5) is 5.13 Å². The maximum Gasteiger partial charge on any atom is 0.223 e. The fourth-order valence-corrected chi connectivity index (χ4v) is 4.59. The minimum absolute atomic E-state index is 0.0217. The molecule has 5 heterocycles. The van der Waals surface area contributed by atoms with Crippen LogP contribution in [-0.2, 0) is 11.3 Å². The van der Waals surface area contributed by atoms with Crippen molar-refractivity contribution >= 4 is 32.7 Å². The summed E-state index contributed by atoms with van der Waals surface area (Å²) in [6.07, 6.45) is 8.24. The molecule has 1 aliphatic rings. The largest absolute Gasteiger partial charge is 0.467 e. The number of piperidine rings is 1. The van der Waals surface area contributed by atoms with E-state index >= 15 is 0 Å². The van der Waals surface area contributed by atoms with Gasteiger partial charge in [-0.1, -0.05) is 11.3 Å². The Bertz CT molecular complexity index is 1140. The van der Waals surface area contributed by atoms with E-state index in [1.807, 2.05) is 24.3 Å². The number of nitrogens with zero attached hydrogens (tertiary/aromatic N) is 5. The van der Waals surface area contributed by atoms with Gasteiger partial charge in [-0.2, -0.15) is 0 Å². The number of furan rings is 1. The third kappa shape index (κ3) is 3.88. The van der Waals surface area contributed by atoms with Gasteiger partial charge in [-0.15, -0.1) is 0 Å². The molecule has 1 N–H and O–H groups in total. The molecular weight excluding hydrogens is 400 g/mol. The van der Waals surface area contributed by atoms with E-state index in [0.29, 0.717) is 6.54 Å². The smallest absolute Gasteiger partial charge is 0.223 e. The summed E-state index contributed by atoms with van der Waals surface area (Å²) in [6.45, 7) is 2.04. The van der Waals surface area contributed by atoms with Gasteiger partial charge in [0.15, 0.2) is 5.13 Å². The van der Waals surface area contributed by atoms with E-state index < -0.39 is 0 Å². The van der Waals surface area contributed by atoms with Crippen LogP contribution in [0.15, 0.2) is 53.7 Å². The van der Waals surface area contributed by atoms with Gasteiger partial charge in [-0.25, -0.2) is 19.9 Å². The van der Waals surface area contributed by atoms with Crippen LogP contribution in [0.5, 0.6) is 0 Å². The minimum Gasteiger partial charge on any atom is -0.467 e. The highest BCUT2D eigenvalue weighted by Gasteiger charge is 2.26. The molecule has 4 aromatic heterocycles. The minimum atomic E-state index is 0.0217. The lowest BCUT2D eigenvalue weighted by Gasteiger charge is -2.30. The van der Waals surface area contributed by atoms with E-state index in [2.05, 4.69) is 20.2 Å². The van der Waals surface area contributed by atoms with Gasteiger partial charge in [0.2, 0.25) is 5.91 Å². The zero-order valence-electron chi connectivity index (χ0n) is 16.2. The number of aromatic nitrogens is 4. The standard InChI is InChI=1S/C21H20N6O2S/c28-19(24-12-16-2-1-9-29-16)14-5-7-27(8-6-14)21-26-18-4-3-17(25-20(18)30-21)15-10-22-13-23-11-15/h1-4,9-11,13-14H,5-8,12H2,(H,24,28). The second-order valence-corrected chi connectivity index (χ2v) is 8.16. The average Bonchev–Trinajstić information content (AvgIpc) is 3.47. The van der Waals surface area contributed by atoms with Crippen LogP contribution < -0.4 is 10.2 Å². The van der Waals surface area contributed by atoms with Crippen LogP contribution in [0, 0.1) is 5.92 Å². The third-order valence-electron chi connectivity index (χ3n) is 5.25. The molecule has 0 aromatic carbocycles. The molecule has 0 saturated carbocycles. The Morgan fingerprint density at radius 2 is 2.00 bits per heavy atom. The van der Waals surface area contributed by atoms with Gasteiger partial charge in [0.1, 0.15) is 22.4 Å². The molecule has 0 spiro atoms. The molecule has 0 radical (unpaired) electrons. The maximum absolute atomic E-state index is 12.4. The van der Waals surface area contributed by atoms with Crippen molar-refractivity contribution in [2.75, 3.05) is 18.0 Å². The molecule has 5 rings (SSSR count). The highest BCUT2D eigenvalue weighted by molar-refractivity contribution is 7.21. The first-order chi connectivity index (χ1) is 14.8. The zero-order chi connectivity index (χ0) is 20.3. The average molecular weight is 420 g/mol. The number of anilines is 1. The first-order valence-electron chi connectivity index (χ1n) is 9.84. The molecule has 1 saturated heterocycles. The highest BCUT2D eigenvalue weighted by atomic mass is 32.1. The highest BCUT2D eigenvalue weighted by Crippen LogP contribution is 2.32. The molecule has 1 aliphatic heterocycles. The third-order valence-corrected chi connectivity index (χ3v) is 6.28. The number of thiazole rings is 1. The van der Waals surface area contributed by atoms with Crippen LogP contribution in [0.2, 0.25) is 0 Å². The van der Waals surface area contributed by atoms with Crippen molar-refractivity contribution in [3.8, 4) is 11.3 Å². The Kier molecular flexibility index (Phi) is 5.10. The Morgan fingerprint density at radius 3 is 2.77 bits per heavy atom. The summed E-state index contributed by atoms with van der Waals surface area (Å²) in [7, 11) is 0. The lowest BCUT2D eigenvalue weighted by atomic mass is 9.96. The number of fused-ring (bicyclic) bond motifs is 1. The van der Waals surface area contributed by atoms with Crippen LogP contribution in [0.25, 0.3) is 21.6 Å². The van der Waals surface area contributed by atoms with E-state index in [9.17, 15) is 4.79 Å². The summed E-state index contributed by atoms with van der Waals surface area (Å²) < 4.78 is 5.27. The number of nitrogens with one attached hydrogen (secondary N) is 1. The molecule has 1 fully saturated rings. The molecule has 4 aromatic rings. The Labute approximate surface area is 177 Å². The molecule has 0 unspecified atom stereocenters. The Balaban J connectivity index is 1.23. The number of carbonyl (C=O) groups is 1. The summed E-state index contributed by atoms with van der Waals surface area (Å²) in [4.78, 5) is 33.2. The quantitative estimate of drug-likeness (QED) is 0.529. The number of hydrogen-bond acceptors (Lipinski definition) is 8. The molecule has 8 nitrogen and oxygen atoms in total. The topological polar surface area (TPSA) is 97.0 Å². The second kappa shape index (κ2) is 8.19. The molecule has 0 bridgehead atoms. The van der Waals surface area contributed by atoms with Crippen LogP contribution in [0.1, 0.15) is 18.6 Å². The van der Waals surface area contributed by atoms with Crippen molar-refractivity contribution in [3.05, 3.63) is 55.0 Å². The summed E-state index contributed by atoms with van der Waals surface area (Å²) in [5.74, 6) is 0.879. The SMILES string of the molecule is O=C(NCc1ccco1)C1CCN(c2nc3ccc(-c4cncnc4)nc3s2)CC1. The van der Waals surface area contributed by atoms with Crippen molar-refractivity contribution in [1.29, 1.82) is 0 Å². The summed E-state index contributed by atoms with van der Waals surface area (Å²) in [5, 5.41) is 3.92. The summed E-state index contributed by atoms with van der Waals surface area (Å²) in [6, 6.07) is 7.61. The van der Waals surface area contributed by atoms with E-state index in [1.54, 1.807) is 30.0 Å². The predicted molar refractivity (Wildman–Crippen MR) is 114 cm³/mol. The molecular formula is C21H20N6O2S. The van der Waals surface area contributed by atoms with E-state index in [-0.39, 0.29) is 11.8 Å². The number of amides is 1. The van der Waals surface area contributed by atoms with Crippen LogP contribution in [-0.4, -0.2) is 38.9 Å². The number of hydrogen-bond donors (Lipinski definition) is 1. The van der Waals surface area contributed by atoms with Gasteiger partial charge >= 0.3 is 0 Å². The molecule has 1 amide bonds. The van der Waals surface area contributed by atoms with Crippen molar-refractivity contribution < 1.29 is 9.21 Å². The zero-order valence-corrected chi connectivity index (χ0v) is 17.0. The van der Waals surface area contributed by atoms with Gasteiger partial charge in [-0.3, -0.25) is 4.79 Å². The first-order valence-corrected chi connectivity index (χ1v) is 10.7. The normalized spacial score (nSPS) is 14.9. The molecule has 9 heteroatoms. The van der Waals surface area contributed by atoms with Crippen molar-refractivity contribution in [3.63, 3.8) is 0 Å². The van der Waals surface area contributed by atoms with Gasteiger partial charge in [0, 0.05) is 37.0 Å². The summed E-state index contributed by atoms with van der Waals surface area (Å²) in [5.41, 5.74) is 2.61. The van der Waals surface area contributed by atoms with Crippen molar-refractivity contribution in [1.82, 2.24) is 25.3 Å². The Hall–Kier alpha value is -3.33. The monoisotopic (exact) mass is 420 g/mol.